The highest BCUT2D eigenvalue weighted by Crippen LogP contribution is 2.12. The predicted octanol–water partition coefficient (Wildman–Crippen LogP) is 1.88. The molecule has 0 saturated carbocycles. The molecule has 3 nitrogen and oxygen atoms in total. The Morgan fingerprint density at radius 2 is 2.24 bits per heavy atom. The van der Waals surface area contributed by atoms with Gasteiger partial charge in [0.15, 0.2) is 0 Å². The van der Waals surface area contributed by atoms with E-state index in [1.54, 1.807) is 12.1 Å². The summed E-state index contributed by atoms with van der Waals surface area (Å²) in [5.74, 6) is -0.206. The number of rotatable bonds is 8. The zero-order valence-electron chi connectivity index (χ0n) is 10.2. The molecule has 1 aromatic rings. The quantitative estimate of drug-likeness (QED) is 0.683. The molecule has 0 heterocycles. The van der Waals surface area contributed by atoms with Gasteiger partial charge in [-0.1, -0.05) is 12.1 Å². The number of aliphatic hydroxyl groups excluding tert-OH is 1. The van der Waals surface area contributed by atoms with Gasteiger partial charge >= 0.3 is 0 Å². The van der Waals surface area contributed by atoms with Gasteiger partial charge in [-0.05, 0) is 37.6 Å². The van der Waals surface area contributed by atoms with E-state index in [1.165, 1.54) is 6.07 Å². The topological polar surface area (TPSA) is 41.5 Å². The molecule has 0 fully saturated rings. The lowest BCUT2D eigenvalue weighted by atomic mass is 10.1. The molecule has 4 heteroatoms. The molecule has 0 spiro atoms. The molecule has 0 aliphatic carbocycles. The lowest BCUT2D eigenvalue weighted by Crippen LogP contribution is -2.21. The third-order valence-electron chi connectivity index (χ3n) is 2.50. The van der Waals surface area contributed by atoms with Crippen LogP contribution in [0.2, 0.25) is 0 Å². The van der Waals surface area contributed by atoms with Gasteiger partial charge in [-0.15, -0.1) is 0 Å². The van der Waals surface area contributed by atoms with Crippen molar-refractivity contribution in [2.45, 2.75) is 19.4 Å². The third-order valence-corrected chi connectivity index (χ3v) is 2.50. The number of benzene rings is 1. The van der Waals surface area contributed by atoms with Gasteiger partial charge < -0.3 is 15.2 Å². The predicted molar refractivity (Wildman–Crippen MR) is 65.3 cm³/mol. The molecule has 0 saturated heterocycles. The average molecular weight is 241 g/mol. The van der Waals surface area contributed by atoms with Crippen LogP contribution in [0.1, 0.15) is 24.9 Å². The molecule has 0 amide bonds. The smallest absolute Gasteiger partial charge is 0.123 e. The van der Waals surface area contributed by atoms with Crippen molar-refractivity contribution in [2.24, 2.45) is 0 Å². The van der Waals surface area contributed by atoms with Crippen LogP contribution in [0.4, 0.5) is 4.39 Å². The van der Waals surface area contributed by atoms with E-state index in [4.69, 9.17) is 9.84 Å². The van der Waals surface area contributed by atoms with Crippen LogP contribution in [0.3, 0.4) is 0 Å². The molecule has 0 bridgehead atoms. The van der Waals surface area contributed by atoms with Gasteiger partial charge in [-0.3, -0.25) is 0 Å². The Morgan fingerprint density at radius 3 is 2.94 bits per heavy atom. The van der Waals surface area contributed by atoms with Gasteiger partial charge in [0.1, 0.15) is 5.82 Å². The Labute approximate surface area is 102 Å². The second kappa shape index (κ2) is 8.17. The fourth-order valence-electron chi connectivity index (χ4n) is 1.55. The van der Waals surface area contributed by atoms with Crippen LogP contribution in [-0.4, -0.2) is 31.5 Å². The van der Waals surface area contributed by atoms with Crippen molar-refractivity contribution >= 4 is 0 Å². The minimum absolute atomic E-state index is 0.0626. The maximum Gasteiger partial charge on any atom is 0.123 e. The average Bonchev–Trinajstić information content (AvgIpc) is 2.33. The highest BCUT2D eigenvalue weighted by atomic mass is 19.1. The summed E-state index contributed by atoms with van der Waals surface area (Å²) in [6.07, 6.45) is 0.875. The third kappa shape index (κ3) is 5.77. The number of ether oxygens (including phenoxy) is 1. The van der Waals surface area contributed by atoms with Crippen molar-refractivity contribution in [3.8, 4) is 0 Å². The van der Waals surface area contributed by atoms with Crippen molar-refractivity contribution in [3.63, 3.8) is 0 Å². The molecule has 1 atom stereocenters. The van der Waals surface area contributed by atoms with E-state index in [1.807, 2.05) is 13.0 Å². The van der Waals surface area contributed by atoms with Crippen molar-refractivity contribution in [1.29, 1.82) is 0 Å². The molecule has 0 radical (unpaired) electrons. The molecule has 17 heavy (non-hydrogen) atoms. The first-order valence-electron chi connectivity index (χ1n) is 5.91. The molecule has 2 N–H and O–H groups in total. The summed E-state index contributed by atoms with van der Waals surface area (Å²) in [4.78, 5) is 0. The van der Waals surface area contributed by atoms with Crippen molar-refractivity contribution in [2.75, 3.05) is 26.4 Å². The number of nitrogens with one attached hydrogen (secondary N) is 1. The first kappa shape index (κ1) is 14.1. The van der Waals surface area contributed by atoms with Crippen molar-refractivity contribution in [1.82, 2.24) is 5.32 Å². The Hall–Kier alpha value is -0.970. The number of hydrogen-bond donors (Lipinski definition) is 2. The van der Waals surface area contributed by atoms with E-state index >= 15 is 0 Å². The summed E-state index contributed by atoms with van der Waals surface area (Å²) in [5.41, 5.74) is 0.946. The number of hydrogen-bond acceptors (Lipinski definition) is 3. The molecule has 0 aromatic heterocycles. The van der Waals surface area contributed by atoms with Crippen LogP contribution >= 0.6 is 0 Å². The molecule has 1 aromatic carbocycles. The van der Waals surface area contributed by atoms with Gasteiger partial charge in [0, 0.05) is 12.6 Å². The summed E-state index contributed by atoms with van der Waals surface area (Å²) < 4.78 is 18.1. The molecule has 1 rings (SSSR count). The van der Waals surface area contributed by atoms with E-state index in [0.29, 0.717) is 13.2 Å². The fraction of sp³-hybridized carbons (Fsp3) is 0.538. The van der Waals surface area contributed by atoms with E-state index in [0.717, 1.165) is 18.5 Å². The van der Waals surface area contributed by atoms with Crippen LogP contribution in [-0.2, 0) is 4.74 Å². The van der Waals surface area contributed by atoms with E-state index in [9.17, 15) is 4.39 Å². The molecular weight excluding hydrogens is 221 g/mol. The highest BCUT2D eigenvalue weighted by molar-refractivity contribution is 5.19. The number of halogens is 1. The van der Waals surface area contributed by atoms with Gasteiger partial charge in [-0.2, -0.15) is 0 Å². The molecule has 0 aliphatic heterocycles. The molecule has 0 aliphatic rings. The van der Waals surface area contributed by atoms with Crippen LogP contribution in [0, 0.1) is 5.82 Å². The monoisotopic (exact) mass is 241 g/mol. The standard InChI is InChI=1S/C13H20FNO2/c1-11(12-4-2-5-13(14)10-12)15-6-3-8-17-9-7-16/h2,4-5,10-11,15-16H,3,6-9H2,1H3. The Bertz CT molecular complexity index is 320. The molecule has 1 unspecified atom stereocenters. The summed E-state index contributed by atoms with van der Waals surface area (Å²) in [7, 11) is 0. The molecular formula is C13H20FNO2. The lowest BCUT2D eigenvalue weighted by Gasteiger charge is -2.14. The molecule has 96 valence electrons. The van der Waals surface area contributed by atoms with Gasteiger partial charge in [0.25, 0.3) is 0 Å². The maximum atomic E-state index is 13.0. The first-order chi connectivity index (χ1) is 8.24. The van der Waals surface area contributed by atoms with E-state index < -0.39 is 0 Å². The Balaban J connectivity index is 2.19. The zero-order valence-corrected chi connectivity index (χ0v) is 10.2. The van der Waals surface area contributed by atoms with Gasteiger partial charge in [0.05, 0.1) is 13.2 Å². The first-order valence-corrected chi connectivity index (χ1v) is 5.91. The largest absolute Gasteiger partial charge is 0.394 e. The lowest BCUT2D eigenvalue weighted by molar-refractivity contribution is 0.0904. The fourth-order valence-corrected chi connectivity index (χ4v) is 1.55. The van der Waals surface area contributed by atoms with Crippen molar-refractivity contribution in [3.05, 3.63) is 35.6 Å². The number of aliphatic hydroxyl groups is 1. The highest BCUT2D eigenvalue weighted by Gasteiger charge is 2.04. The van der Waals surface area contributed by atoms with Gasteiger partial charge in [-0.25, -0.2) is 4.39 Å². The summed E-state index contributed by atoms with van der Waals surface area (Å²) in [6.45, 7) is 3.89. The summed E-state index contributed by atoms with van der Waals surface area (Å²) in [6, 6.07) is 6.73. The van der Waals surface area contributed by atoms with E-state index in [2.05, 4.69) is 5.32 Å². The normalized spacial score (nSPS) is 12.6. The van der Waals surface area contributed by atoms with E-state index in [-0.39, 0.29) is 18.5 Å². The summed E-state index contributed by atoms with van der Waals surface area (Å²) >= 11 is 0. The SMILES string of the molecule is CC(NCCCOCCO)c1cccc(F)c1. The van der Waals surface area contributed by atoms with Crippen LogP contribution in [0.25, 0.3) is 0 Å². The maximum absolute atomic E-state index is 13.0. The minimum Gasteiger partial charge on any atom is -0.394 e. The second-order valence-corrected chi connectivity index (χ2v) is 3.92. The van der Waals surface area contributed by atoms with Crippen LogP contribution in [0.15, 0.2) is 24.3 Å². The van der Waals surface area contributed by atoms with Gasteiger partial charge in [0.2, 0.25) is 0 Å². The zero-order chi connectivity index (χ0) is 12.5. The Morgan fingerprint density at radius 1 is 1.41 bits per heavy atom. The minimum atomic E-state index is -0.206. The summed E-state index contributed by atoms with van der Waals surface area (Å²) in [5, 5.41) is 11.8. The van der Waals surface area contributed by atoms with Crippen LogP contribution in [0.5, 0.6) is 0 Å². The van der Waals surface area contributed by atoms with Crippen molar-refractivity contribution < 1.29 is 14.2 Å². The second-order valence-electron chi connectivity index (χ2n) is 3.92. The van der Waals surface area contributed by atoms with Crippen LogP contribution < -0.4 is 5.32 Å². The Kier molecular flexibility index (Phi) is 6.77.